The van der Waals surface area contributed by atoms with Crippen LogP contribution >= 0.6 is 0 Å². The number of nitrogens with zero attached hydrogens (tertiary/aromatic N) is 1. The molecule has 0 aliphatic heterocycles. The highest BCUT2D eigenvalue weighted by Gasteiger charge is 2.17. The molecule has 170 valence electrons. The normalized spacial score (nSPS) is 13.0. The molecule has 0 bridgehead atoms. The Labute approximate surface area is 174 Å². The molecule has 0 aromatic heterocycles. The summed E-state index contributed by atoms with van der Waals surface area (Å²) in [5.41, 5.74) is 0. The summed E-state index contributed by atoms with van der Waals surface area (Å²) in [6.07, 6.45) is 18.3. The van der Waals surface area contributed by atoms with Gasteiger partial charge in [-0.15, -0.1) is 0 Å². The van der Waals surface area contributed by atoms with Crippen molar-refractivity contribution in [3.05, 3.63) is 0 Å². The van der Waals surface area contributed by atoms with Crippen LogP contribution in [0.1, 0.15) is 110 Å². The Hall–Kier alpha value is -0.200. The smallest absolute Gasteiger partial charge is 0.164 e. The van der Waals surface area contributed by atoms with Gasteiger partial charge < -0.3 is 15.3 Å². The first-order chi connectivity index (χ1) is 13.7. The fourth-order valence-electron chi connectivity index (χ4n) is 3.85. The van der Waals surface area contributed by atoms with Crippen LogP contribution in [0, 0.1) is 0 Å². The Bertz CT molecular complexity index is 298. The second-order valence-corrected chi connectivity index (χ2v) is 8.20. The fourth-order valence-corrected chi connectivity index (χ4v) is 3.85. The minimum atomic E-state index is -1.33. The Morgan fingerprint density at radius 1 is 0.679 bits per heavy atom. The van der Waals surface area contributed by atoms with Crippen LogP contribution in [0.2, 0.25) is 0 Å². The van der Waals surface area contributed by atoms with Crippen molar-refractivity contribution in [1.29, 1.82) is 0 Å². The first kappa shape index (κ1) is 27.8. The number of aliphatic hydroxyl groups is 3. The Morgan fingerprint density at radius 2 is 1.18 bits per heavy atom. The van der Waals surface area contributed by atoms with Gasteiger partial charge in [-0.05, 0) is 19.4 Å². The average molecular weight is 403 g/mol. The molecule has 0 rings (SSSR count). The molecule has 0 radical (unpaired) electrons. The molecule has 0 aliphatic rings. The standard InChI is InChI=1S/C23H50N2O3/c1-3-5-6-7-8-9-10-11-12-13-14-15-16-17-22(24-21-23(27)28)25(18-4-2)19-20-26/h22-24,26-28H,3-21H2,1-2H3. The molecule has 0 fully saturated rings. The number of hydrogen-bond donors (Lipinski definition) is 4. The van der Waals surface area contributed by atoms with Gasteiger partial charge in [-0.2, -0.15) is 0 Å². The van der Waals surface area contributed by atoms with Gasteiger partial charge in [-0.3, -0.25) is 10.2 Å². The minimum absolute atomic E-state index is 0.113. The largest absolute Gasteiger partial charge is 0.395 e. The number of unbranched alkanes of at least 4 members (excludes halogenated alkanes) is 12. The van der Waals surface area contributed by atoms with E-state index in [2.05, 4.69) is 24.1 Å². The van der Waals surface area contributed by atoms with Crippen molar-refractivity contribution in [3.63, 3.8) is 0 Å². The molecule has 28 heavy (non-hydrogen) atoms. The van der Waals surface area contributed by atoms with Crippen LogP contribution in [-0.2, 0) is 0 Å². The number of rotatable bonds is 22. The number of hydrogen-bond acceptors (Lipinski definition) is 5. The van der Waals surface area contributed by atoms with Crippen LogP contribution in [0.5, 0.6) is 0 Å². The summed E-state index contributed by atoms with van der Waals surface area (Å²) in [6, 6.07) is 0. The van der Waals surface area contributed by atoms with Gasteiger partial charge in [-0.1, -0.05) is 97.3 Å². The maximum Gasteiger partial charge on any atom is 0.164 e. The van der Waals surface area contributed by atoms with Gasteiger partial charge >= 0.3 is 0 Å². The molecule has 1 atom stereocenters. The van der Waals surface area contributed by atoms with Crippen molar-refractivity contribution < 1.29 is 15.3 Å². The summed E-state index contributed by atoms with van der Waals surface area (Å²) >= 11 is 0. The molecular weight excluding hydrogens is 352 g/mol. The van der Waals surface area contributed by atoms with Crippen LogP contribution < -0.4 is 5.32 Å². The molecule has 0 aromatic carbocycles. The van der Waals surface area contributed by atoms with E-state index in [1.807, 2.05) is 0 Å². The molecule has 0 aliphatic carbocycles. The highest BCUT2D eigenvalue weighted by atomic mass is 16.5. The molecule has 1 unspecified atom stereocenters. The molecule has 4 N–H and O–H groups in total. The maximum atomic E-state index is 9.31. The highest BCUT2D eigenvalue weighted by molar-refractivity contribution is 4.70. The quantitative estimate of drug-likeness (QED) is 0.159. The van der Waals surface area contributed by atoms with E-state index in [9.17, 15) is 5.11 Å². The molecule has 0 spiro atoms. The second kappa shape index (κ2) is 21.5. The van der Waals surface area contributed by atoms with Crippen LogP contribution in [0.15, 0.2) is 0 Å². The Balaban J connectivity index is 3.77. The summed E-state index contributed by atoms with van der Waals surface area (Å²) in [6.45, 7) is 6.26. The van der Waals surface area contributed by atoms with E-state index < -0.39 is 6.29 Å². The third kappa shape index (κ3) is 17.9. The summed E-state index contributed by atoms with van der Waals surface area (Å²) in [5, 5.41) is 30.9. The van der Waals surface area contributed by atoms with Crippen molar-refractivity contribution in [2.45, 2.75) is 123 Å². The van der Waals surface area contributed by atoms with E-state index in [1.165, 1.54) is 77.0 Å². The van der Waals surface area contributed by atoms with E-state index >= 15 is 0 Å². The third-order valence-electron chi connectivity index (χ3n) is 5.46. The fraction of sp³-hybridized carbons (Fsp3) is 1.00. The summed E-state index contributed by atoms with van der Waals surface area (Å²) in [4.78, 5) is 2.23. The van der Waals surface area contributed by atoms with Crippen molar-refractivity contribution in [1.82, 2.24) is 10.2 Å². The molecule has 5 heteroatoms. The van der Waals surface area contributed by atoms with Crippen molar-refractivity contribution >= 4 is 0 Å². The van der Waals surface area contributed by atoms with Crippen LogP contribution in [0.4, 0.5) is 0 Å². The molecule has 0 saturated carbocycles. The topological polar surface area (TPSA) is 76.0 Å². The third-order valence-corrected chi connectivity index (χ3v) is 5.46. The molecule has 5 nitrogen and oxygen atoms in total. The highest BCUT2D eigenvalue weighted by Crippen LogP contribution is 2.14. The molecular formula is C23H50N2O3. The average Bonchev–Trinajstić information content (AvgIpc) is 2.67. The predicted molar refractivity (Wildman–Crippen MR) is 119 cm³/mol. The summed E-state index contributed by atoms with van der Waals surface area (Å²) < 4.78 is 0. The first-order valence-electron chi connectivity index (χ1n) is 12.1. The summed E-state index contributed by atoms with van der Waals surface area (Å²) in [7, 11) is 0. The SMILES string of the molecule is CCCCCCCCCCCCCCCC(NCC(O)O)N(CCC)CCO. The summed E-state index contributed by atoms with van der Waals surface area (Å²) in [5.74, 6) is 0. The lowest BCUT2D eigenvalue weighted by molar-refractivity contribution is -0.0441. The number of aliphatic hydroxyl groups excluding tert-OH is 2. The van der Waals surface area contributed by atoms with Crippen LogP contribution in [0.25, 0.3) is 0 Å². The van der Waals surface area contributed by atoms with Gasteiger partial charge in [0.05, 0.1) is 12.8 Å². The Morgan fingerprint density at radius 3 is 1.61 bits per heavy atom. The van der Waals surface area contributed by atoms with Crippen molar-refractivity contribution in [3.8, 4) is 0 Å². The first-order valence-corrected chi connectivity index (χ1v) is 12.1. The van der Waals surface area contributed by atoms with Gasteiger partial charge in [0.1, 0.15) is 0 Å². The lowest BCUT2D eigenvalue weighted by Gasteiger charge is -2.32. The van der Waals surface area contributed by atoms with Crippen LogP contribution in [-0.4, -0.2) is 58.9 Å². The maximum absolute atomic E-state index is 9.31. The van der Waals surface area contributed by atoms with E-state index in [0.717, 1.165) is 25.8 Å². The van der Waals surface area contributed by atoms with E-state index in [4.69, 9.17) is 10.2 Å². The number of nitrogens with one attached hydrogen (secondary N) is 1. The molecule has 0 heterocycles. The van der Waals surface area contributed by atoms with Crippen LogP contribution in [0.3, 0.4) is 0 Å². The zero-order chi connectivity index (χ0) is 20.9. The second-order valence-electron chi connectivity index (χ2n) is 8.20. The van der Waals surface area contributed by atoms with Gasteiger partial charge in [0.25, 0.3) is 0 Å². The van der Waals surface area contributed by atoms with Gasteiger partial charge in [0, 0.05) is 13.1 Å². The zero-order valence-corrected chi connectivity index (χ0v) is 18.9. The van der Waals surface area contributed by atoms with Gasteiger partial charge in [0.2, 0.25) is 0 Å². The van der Waals surface area contributed by atoms with Gasteiger partial charge in [0.15, 0.2) is 6.29 Å². The van der Waals surface area contributed by atoms with E-state index in [0.29, 0.717) is 6.54 Å². The monoisotopic (exact) mass is 402 g/mol. The Kier molecular flexibility index (Phi) is 21.4. The molecule has 0 aromatic rings. The van der Waals surface area contributed by atoms with Crippen molar-refractivity contribution in [2.75, 3.05) is 26.2 Å². The lowest BCUT2D eigenvalue weighted by Crippen LogP contribution is -2.49. The van der Waals surface area contributed by atoms with Gasteiger partial charge in [-0.25, -0.2) is 0 Å². The molecule has 0 saturated heterocycles. The van der Waals surface area contributed by atoms with Crippen molar-refractivity contribution in [2.24, 2.45) is 0 Å². The zero-order valence-electron chi connectivity index (χ0n) is 18.9. The molecule has 0 amide bonds. The van der Waals surface area contributed by atoms with E-state index in [1.54, 1.807) is 0 Å². The van der Waals surface area contributed by atoms with E-state index in [-0.39, 0.29) is 19.3 Å². The minimum Gasteiger partial charge on any atom is -0.395 e. The lowest BCUT2D eigenvalue weighted by atomic mass is 10.0. The predicted octanol–water partition coefficient (Wildman–Crippen LogP) is 4.40.